The van der Waals surface area contributed by atoms with Crippen LogP contribution in [-0.2, 0) is 4.79 Å². The normalized spacial score (nSPS) is 16.8. The SMILES string of the molecule is C.C=CC(=O)N1[C@H](C)CN(c2nc(=O)n(-c3c(C)ccnc3C(C)C)c3nc(-c4c(O)cccc4F)c(F)cc23)C[C@@H]1C. The number of aromatic hydroxyl groups is 1. The molecule has 0 aliphatic carbocycles. The summed E-state index contributed by atoms with van der Waals surface area (Å²) < 4.78 is 32.1. The van der Waals surface area contributed by atoms with E-state index in [1.54, 1.807) is 17.2 Å². The van der Waals surface area contributed by atoms with Gasteiger partial charge in [-0.25, -0.2) is 23.1 Å². The van der Waals surface area contributed by atoms with Crippen LogP contribution < -0.4 is 10.6 Å². The standard InChI is InChI=1S/C31H32F2N6O3.CH4/c1-7-24(41)38-18(5)14-37(15-19(38)6)29-20-13-22(33)27(25-21(32)9-8-10-23(25)40)35-30(20)39(31(42)36-29)28-17(4)11-12-34-26(28)16(2)3;/h7-13,16,18-19,40H,1,14-15H2,2-6H3;1H4/t18-,19+;. The van der Waals surface area contributed by atoms with Gasteiger partial charge in [0, 0.05) is 31.4 Å². The Morgan fingerprint density at radius 3 is 2.40 bits per heavy atom. The fourth-order valence-electron chi connectivity index (χ4n) is 5.79. The Morgan fingerprint density at radius 2 is 1.79 bits per heavy atom. The first-order valence-corrected chi connectivity index (χ1v) is 13.7. The fourth-order valence-corrected chi connectivity index (χ4v) is 5.79. The monoisotopic (exact) mass is 590 g/mol. The van der Waals surface area contributed by atoms with E-state index < -0.39 is 34.3 Å². The lowest BCUT2D eigenvalue weighted by Gasteiger charge is -2.44. The number of hydrogen-bond donors (Lipinski definition) is 1. The lowest BCUT2D eigenvalue weighted by Crippen LogP contribution is -2.58. The van der Waals surface area contributed by atoms with Gasteiger partial charge in [-0.15, -0.1) is 0 Å². The van der Waals surface area contributed by atoms with Crippen molar-refractivity contribution in [2.45, 2.75) is 60.0 Å². The molecule has 0 bridgehead atoms. The quantitative estimate of drug-likeness (QED) is 0.306. The van der Waals surface area contributed by atoms with Crippen LogP contribution in [0.5, 0.6) is 5.75 Å². The lowest BCUT2D eigenvalue weighted by molar-refractivity contribution is -0.130. The number of amides is 1. The van der Waals surface area contributed by atoms with Gasteiger partial charge < -0.3 is 14.9 Å². The number of hydrogen-bond acceptors (Lipinski definition) is 7. The molecule has 226 valence electrons. The van der Waals surface area contributed by atoms with Crippen molar-refractivity contribution in [2.24, 2.45) is 0 Å². The molecule has 0 saturated carbocycles. The number of aromatic nitrogens is 4. The van der Waals surface area contributed by atoms with Crippen molar-refractivity contribution in [1.82, 2.24) is 24.4 Å². The number of aryl methyl sites for hydroxylation is 1. The number of carbonyl (C=O) groups excluding carboxylic acids is 1. The average molecular weight is 591 g/mol. The van der Waals surface area contributed by atoms with E-state index in [0.29, 0.717) is 30.0 Å². The maximum Gasteiger partial charge on any atom is 0.355 e. The van der Waals surface area contributed by atoms with Gasteiger partial charge in [0.25, 0.3) is 0 Å². The van der Waals surface area contributed by atoms with E-state index >= 15 is 4.39 Å². The highest BCUT2D eigenvalue weighted by Crippen LogP contribution is 2.36. The van der Waals surface area contributed by atoms with Crippen LogP contribution in [0.2, 0.25) is 0 Å². The molecule has 0 spiro atoms. The maximum absolute atomic E-state index is 15.9. The van der Waals surface area contributed by atoms with Gasteiger partial charge in [0.05, 0.1) is 22.3 Å². The highest BCUT2D eigenvalue weighted by molar-refractivity contribution is 5.91. The molecular formula is C32H36F2N6O3. The molecule has 11 heteroatoms. The molecule has 2 atom stereocenters. The van der Waals surface area contributed by atoms with Gasteiger partial charge in [-0.05, 0) is 62.6 Å². The number of benzene rings is 1. The number of phenols is 1. The van der Waals surface area contributed by atoms with E-state index in [0.717, 1.165) is 6.07 Å². The van der Waals surface area contributed by atoms with E-state index in [1.165, 1.54) is 28.8 Å². The van der Waals surface area contributed by atoms with Crippen molar-refractivity contribution in [1.29, 1.82) is 0 Å². The average Bonchev–Trinajstić information content (AvgIpc) is 2.92. The van der Waals surface area contributed by atoms with E-state index in [9.17, 15) is 19.1 Å². The number of halogens is 2. The van der Waals surface area contributed by atoms with E-state index in [2.05, 4.69) is 21.5 Å². The number of phenolic OH excluding ortho intramolecular Hbond substituents is 1. The number of carbonyl (C=O) groups is 1. The zero-order valence-electron chi connectivity index (χ0n) is 24.1. The van der Waals surface area contributed by atoms with Crippen molar-refractivity contribution in [3.63, 3.8) is 0 Å². The first-order valence-electron chi connectivity index (χ1n) is 13.7. The Bertz CT molecular complexity index is 1760. The number of pyridine rings is 2. The second kappa shape index (κ2) is 11.9. The second-order valence-corrected chi connectivity index (χ2v) is 10.9. The minimum atomic E-state index is -0.898. The predicted molar refractivity (Wildman–Crippen MR) is 164 cm³/mol. The molecule has 4 aromatic rings. The third kappa shape index (κ3) is 5.35. The topological polar surface area (TPSA) is 104 Å². The van der Waals surface area contributed by atoms with Crippen LogP contribution in [-0.4, -0.2) is 60.6 Å². The number of piperazine rings is 1. The largest absolute Gasteiger partial charge is 0.507 e. The van der Waals surface area contributed by atoms with Crippen LogP contribution in [0.15, 0.2) is 54.0 Å². The van der Waals surface area contributed by atoms with Gasteiger partial charge in [0.15, 0.2) is 11.5 Å². The molecule has 1 aliphatic rings. The van der Waals surface area contributed by atoms with E-state index in [1.807, 2.05) is 39.5 Å². The fraction of sp³-hybridized carbons (Fsp3) is 0.344. The number of fused-ring (bicyclic) bond motifs is 1. The molecule has 1 N–H and O–H groups in total. The van der Waals surface area contributed by atoms with Gasteiger partial charge >= 0.3 is 5.69 Å². The second-order valence-electron chi connectivity index (χ2n) is 10.9. The summed E-state index contributed by atoms with van der Waals surface area (Å²) in [6, 6.07) is 6.03. The van der Waals surface area contributed by atoms with E-state index in [4.69, 9.17) is 0 Å². The maximum atomic E-state index is 15.9. The van der Waals surface area contributed by atoms with Crippen LogP contribution in [0.3, 0.4) is 0 Å². The Morgan fingerprint density at radius 1 is 1.12 bits per heavy atom. The first kappa shape index (κ1) is 31.3. The Hall–Kier alpha value is -4.67. The molecule has 9 nitrogen and oxygen atoms in total. The minimum absolute atomic E-state index is 0. The smallest absolute Gasteiger partial charge is 0.355 e. The summed E-state index contributed by atoms with van der Waals surface area (Å²) >= 11 is 0. The third-order valence-corrected chi connectivity index (χ3v) is 7.60. The predicted octanol–water partition coefficient (Wildman–Crippen LogP) is 5.51. The van der Waals surface area contributed by atoms with Crippen LogP contribution in [0.1, 0.15) is 52.3 Å². The Labute approximate surface area is 249 Å². The molecule has 3 aromatic heterocycles. The van der Waals surface area contributed by atoms with E-state index in [-0.39, 0.29) is 48.2 Å². The summed E-state index contributed by atoms with van der Waals surface area (Å²) in [5.41, 5.74) is 0.266. The third-order valence-electron chi connectivity index (χ3n) is 7.60. The summed E-state index contributed by atoms with van der Waals surface area (Å²) in [7, 11) is 0. The molecule has 1 aromatic carbocycles. The highest BCUT2D eigenvalue weighted by atomic mass is 19.1. The highest BCUT2D eigenvalue weighted by Gasteiger charge is 2.34. The van der Waals surface area contributed by atoms with Gasteiger partial charge in [-0.2, -0.15) is 4.98 Å². The van der Waals surface area contributed by atoms with Crippen molar-refractivity contribution in [3.8, 4) is 22.7 Å². The summed E-state index contributed by atoms with van der Waals surface area (Å²) in [6.45, 7) is 13.7. The lowest BCUT2D eigenvalue weighted by atomic mass is 10.0. The van der Waals surface area contributed by atoms with Crippen molar-refractivity contribution in [2.75, 3.05) is 18.0 Å². The zero-order valence-corrected chi connectivity index (χ0v) is 24.1. The van der Waals surface area contributed by atoms with Crippen molar-refractivity contribution >= 4 is 22.8 Å². The van der Waals surface area contributed by atoms with Crippen LogP contribution in [0.4, 0.5) is 14.6 Å². The minimum Gasteiger partial charge on any atom is -0.507 e. The van der Waals surface area contributed by atoms with Gasteiger partial charge in [0.2, 0.25) is 5.91 Å². The van der Waals surface area contributed by atoms with Crippen molar-refractivity contribution < 1.29 is 18.7 Å². The molecule has 1 aliphatic heterocycles. The first-order chi connectivity index (χ1) is 19.9. The molecule has 0 radical (unpaired) electrons. The zero-order chi connectivity index (χ0) is 30.5. The van der Waals surface area contributed by atoms with Gasteiger partial charge in [0.1, 0.15) is 23.1 Å². The molecule has 1 fully saturated rings. The molecule has 1 amide bonds. The molecule has 4 heterocycles. The molecular weight excluding hydrogens is 554 g/mol. The molecule has 43 heavy (non-hydrogen) atoms. The van der Waals surface area contributed by atoms with Gasteiger partial charge in [-0.3, -0.25) is 9.78 Å². The number of nitrogens with zero attached hydrogens (tertiary/aromatic N) is 6. The Kier molecular flexibility index (Phi) is 8.66. The van der Waals surface area contributed by atoms with Crippen molar-refractivity contribution in [3.05, 3.63) is 82.6 Å². The number of anilines is 1. The summed E-state index contributed by atoms with van der Waals surface area (Å²) in [5, 5.41) is 10.7. The summed E-state index contributed by atoms with van der Waals surface area (Å²) in [5.74, 6) is -2.36. The van der Waals surface area contributed by atoms with Gasteiger partial charge in [-0.1, -0.05) is 33.9 Å². The van der Waals surface area contributed by atoms with Crippen LogP contribution in [0, 0.1) is 18.6 Å². The summed E-state index contributed by atoms with van der Waals surface area (Å²) in [6.07, 6.45) is 2.91. The number of rotatable bonds is 5. The Balaban J connectivity index is 0.00000423. The molecule has 0 unspecified atom stereocenters. The summed E-state index contributed by atoms with van der Waals surface area (Å²) in [4.78, 5) is 43.4. The molecule has 1 saturated heterocycles. The molecule has 5 rings (SSSR count). The van der Waals surface area contributed by atoms with Crippen LogP contribution >= 0.6 is 0 Å². The van der Waals surface area contributed by atoms with Crippen LogP contribution in [0.25, 0.3) is 28.0 Å².